The second kappa shape index (κ2) is 11.6. The standard InChI is InChI=1S/C24H24Cl2N2O5S/c1-3-28(4-2)34(30,31)19-11-13-22(20(26)15-19)32-16-24(29)27-21-14-17(25)10-12-23(21)33-18-8-6-5-7-9-18/h5-15H,3-4,16H2,1-2H3,(H,27,29). The van der Waals surface area contributed by atoms with E-state index in [1.165, 1.54) is 22.5 Å². The van der Waals surface area contributed by atoms with Gasteiger partial charge in [0, 0.05) is 18.1 Å². The Morgan fingerprint density at radius 1 is 0.941 bits per heavy atom. The predicted octanol–water partition coefficient (Wildman–Crippen LogP) is 5.83. The molecule has 7 nitrogen and oxygen atoms in total. The first-order chi connectivity index (χ1) is 16.2. The Morgan fingerprint density at radius 3 is 2.26 bits per heavy atom. The van der Waals surface area contributed by atoms with Crippen LogP contribution in [0.5, 0.6) is 17.2 Å². The number of sulfonamides is 1. The lowest BCUT2D eigenvalue weighted by Gasteiger charge is -2.19. The summed E-state index contributed by atoms with van der Waals surface area (Å²) in [6.07, 6.45) is 0. The van der Waals surface area contributed by atoms with Gasteiger partial charge < -0.3 is 14.8 Å². The van der Waals surface area contributed by atoms with Crippen LogP contribution in [0.4, 0.5) is 5.69 Å². The molecule has 0 heterocycles. The normalized spacial score (nSPS) is 11.3. The zero-order valence-electron chi connectivity index (χ0n) is 18.6. The zero-order valence-corrected chi connectivity index (χ0v) is 21.0. The molecular formula is C24H24Cl2N2O5S. The van der Waals surface area contributed by atoms with Crippen LogP contribution in [0.15, 0.2) is 71.6 Å². The van der Waals surface area contributed by atoms with E-state index in [9.17, 15) is 13.2 Å². The summed E-state index contributed by atoms with van der Waals surface area (Å²) in [5.41, 5.74) is 0.372. The average molecular weight is 523 g/mol. The van der Waals surface area contributed by atoms with Gasteiger partial charge in [0.15, 0.2) is 12.4 Å². The molecule has 0 aliphatic rings. The highest BCUT2D eigenvalue weighted by Crippen LogP contribution is 2.32. The van der Waals surface area contributed by atoms with E-state index in [0.29, 0.717) is 35.3 Å². The number of benzene rings is 3. The van der Waals surface area contributed by atoms with E-state index in [4.69, 9.17) is 32.7 Å². The minimum Gasteiger partial charge on any atom is -0.482 e. The Kier molecular flexibility index (Phi) is 8.79. The van der Waals surface area contributed by atoms with Gasteiger partial charge in [-0.05, 0) is 48.5 Å². The number of amides is 1. The first kappa shape index (κ1) is 25.8. The summed E-state index contributed by atoms with van der Waals surface area (Å²) in [7, 11) is -3.66. The lowest BCUT2D eigenvalue weighted by Crippen LogP contribution is -2.30. The van der Waals surface area contributed by atoms with Crippen molar-refractivity contribution in [2.75, 3.05) is 25.0 Å². The van der Waals surface area contributed by atoms with Gasteiger partial charge in [-0.25, -0.2) is 8.42 Å². The molecule has 180 valence electrons. The van der Waals surface area contributed by atoms with Crippen molar-refractivity contribution in [3.05, 3.63) is 76.8 Å². The molecule has 1 N–H and O–H groups in total. The molecule has 0 atom stereocenters. The van der Waals surface area contributed by atoms with Gasteiger partial charge in [-0.1, -0.05) is 55.2 Å². The largest absolute Gasteiger partial charge is 0.482 e. The average Bonchev–Trinajstić information content (AvgIpc) is 2.81. The number of para-hydroxylation sites is 1. The predicted molar refractivity (Wildman–Crippen MR) is 134 cm³/mol. The number of carbonyl (C=O) groups is 1. The molecule has 0 radical (unpaired) electrons. The van der Waals surface area contributed by atoms with Crippen LogP contribution >= 0.6 is 23.2 Å². The van der Waals surface area contributed by atoms with Crippen LogP contribution < -0.4 is 14.8 Å². The zero-order chi connectivity index (χ0) is 24.7. The molecule has 34 heavy (non-hydrogen) atoms. The Morgan fingerprint density at radius 2 is 1.62 bits per heavy atom. The van der Waals surface area contributed by atoms with E-state index >= 15 is 0 Å². The fraction of sp³-hybridized carbons (Fsp3) is 0.208. The second-order valence-electron chi connectivity index (χ2n) is 7.07. The minimum absolute atomic E-state index is 0.0552. The molecular weight excluding hydrogens is 499 g/mol. The van der Waals surface area contributed by atoms with Crippen LogP contribution in [0.25, 0.3) is 0 Å². The van der Waals surface area contributed by atoms with Gasteiger partial charge in [0.05, 0.1) is 15.6 Å². The number of anilines is 1. The van der Waals surface area contributed by atoms with Gasteiger partial charge in [-0.2, -0.15) is 4.31 Å². The molecule has 0 saturated heterocycles. The molecule has 0 aliphatic carbocycles. The number of rotatable bonds is 10. The molecule has 0 unspecified atom stereocenters. The van der Waals surface area contributed by atoms with Crippen LogP contribution in [-0.2, 0) is 14.8 Å². The van der Waals surface area contributed by atoms with Gasteiger partial charge in [-0.15, -0.1) is 0 Å². The smallest absolute Gasteiger partial charge is 0.262 e. The molecule has 0 aliphatic heterocycles. The lowest BCUT2D eigenvalue weighted by atomic mass is 10.2. The molecule has 10 heteroatoms. The highest BCUT2D eigenvalue weighted by Gasteiger charge is 2.22. The minimum atomic E-state index is -3.66. The molecule has 3 aromatic rings. The molecule has 0 fully saturated rings. The molecule has 0 aromatic heterocycles. The van der Waals surface area contributed by atoms with Crippen molar-refractivity contribution in [2.24, 2.45) is 0 Å². The van der Waals surface area contributed by atoms with E-state index in [-0.39, 0.29) is 22.3 Å². The fourth-order valence-electron chi connectivity index (χ4n) is 3.11. The van der Waals surface area contributed by atoms with Crippen LogP contribution in [0, 0.1) is 0 Å². The number of ether oxygens (including phenoxy) is 2. The molecule has 0 bridgehead atoms. The number of halogens is 2. The second-order valence-corrected chi connectivity index (χ2v) is 9.86. The summed E-state index contributed by atoms with van der Waals surface area (Å²) >= 11 is 12.3. The topological polar surface area (TPSA) is 84.9 Å². The highest BCUT2D eigenvalue weighted by atomic mass is 35.5. The molecule has 0 saturated carbocycles. The SMILES string of the molecule is CCN(CC)S(=O)(=O)c1ccc(OCC(=O)Nc2cc(Cl)ccc2Oc2ccccc2)c(Cl)c1. The van der Waals surface area contributed by atoms with Crippen molar-refractivity contribution in [3.8, 4) is 17.2 Å². The van der Waals surface area contributed by atoms with E-state index in [1.807, 2.05) is 18.2 Å². The van der Waals surface area contributed by atoms with Gasteiger partial charge in [0.25, 0.3) is 5.91 Å². The van der Waals surface area contributed by atoms with E-state index in [0.717, 1.165) is 0 Å². The highest BCUT2D eigenvalue weighted by molar-refractivity contribution is 7.89. The molecule has 3 rings (SSSR count). The Balaban J connectivity index is 1.68. The van der Waals surface area contributed by atoms with Gasteiger partial charge in [-0.3, -0.25) is 4.79 Å². The number of hydrogen-bond donors (Lipinski definition) is 1. The van der Waals surface area contributed by atoms with Crippen LogP contribution in [0.1, 0.15) is 13.8 Å². The lowest BCUT2D eigenvalue weighted by molar-refractivity contribution is -0.118. The molecule has 0 spiro atoms. The van der Waals surface area contributed by atoms with Crippen molar-refractivity contribution >= 4 is 44.8 Å². The van der Waals surface area contributed by atoms with Crippen molar-refractivity contribution in [1.29, 1.82) is 0 Å². The third-order valence-corrected chi connectivity index (χ3v) is 7.37. The third kappa shape index (κ3) is 6.42. The maximum atomic E-state index is 12.7. The Bertz CT molecular complexity index is 1250. The number of nitrogens with one attached hydrogen (secondary N) is 1. The fourth-order valence-corrected chi connectivity index (χ4v) is 5.06. The van der Waals surface area contributed by atoms with Crippen molar-refractivity contribution < 1.29 is 22.7 Å². The summed E-state index contributed by atoms with van der Waals surface area (Å²) in [5, 5.41) is 3.21. The summed E-state index contributed by atoms with van der Waals surface area (Å²) in [6.45, 7) is 3.84. The third-order valence-electron chi connectivity index (χ3n) is 4.79. The van der Waals surface area contributed by atoms with E-state index in [2.05, 4.69) is 5.32 Å². The van der Waals surface area contributed by atoms with E-state index < -0.39 is 15.9 Å². The van der Waals surface area contributed by atoms with Gasteiger partial charge in [0.2, 0.25) is 10.0 Å². The van der Waals surface area contributed by atoms with Crippen molar-refractivity contribution in [1.82, 2.24) is 4.31 Å². The quantitative estimate of drug-likeness (QED) is 0.361. The first-order valence-electron chi connectivity index (χ1n) is 10.5. The van der Waals surface area contributed by atoms with Gasteiger partial charge in [0.1, 0.15) is 11.5 Å². The number of hydrogen-bond acceptors (Lipinski definition) is 5. The van der Waals surface area contributed by atoms with Crippen molar-refractivity contribution in [3.63, 3.8) is 0 Å². The maximum Gasteiger partial charge on any atom is 0.262 e. The van der Waals surface area contributed by atoms with Crippen LogP contribution in [0.3, 0.4) is 0 Å². The summed E-state index contributed by atoms with van der Waals surface area (Å²) in [6, 6.07) is 18.1. The van der Waals surface area contributed by atoms with E-state index in [1.54, 1.807) is 44.2 Å². The maximum absolute atomic E-state index is 12.7. The number of nitrogens with zero attached hydrogens (tertiary/aromatic N) is 1. The summed E-state index contributed by atoms with van der Waals surface area (Å²) < 4.78 is 38.0. The monoisotopic (exact) mass is 522 g/mol. The van der Waals surface area contributed by atoms with Crippen molar-refractivity contribution in [2.45, 2.75) is 18.7 Å². The summed E-state index contributed by atoms with van der Waals surface area (Å²) in [4.78, 5) is 12.6. The molecule has 1 amide bonds. The summed E-state index contributed by atoms with van der Waals surface area (Å²) in [5.74, 6) is 0.717. The Hall–Kier alpha value is -2.78. The van der Waals surface area contributed by atoms with Crippen LogP contribution in [0.2, 0.25) is 10.0 Å². The van der Waals surface area contributed by atoms with Crippen LogP contribution in [-0.4, -0.2) is 38.3 Å². The molecule has 3 aromatic carbocycles. The Labute approximate surface area is 209 Å². The number of carbonyl (C=O) groups excluding carboxylic acids is 1. The first-order valence-corrected chi connectivity index (χ1v) is 12.7. The van der Waals surface area contributed by atoms with Gasteiger partial charge >= 0.3 is 0 Å².